The number of hydrogen-bond acceptors (Lipinski definition) is 0. The number of nitrogens with zero attached hydrogens (tertiary/aromatic N) is 1. The molecule has 0 radical (unpaired) electrons. The molecule has 232 valence electrons. The molecule has 0 aliphatic heterocycles. The standard InChI is InChI=1S/C40H62N2/c1-4-6-8-10-12-13-14-16-18-26-33-42-34-32-41-39(42)38(31-25-17-15-11-9-7-5-2)40(3,37-29-23-20-24-30-37)35-36-27-21-19-22-28-36/h19-24,27-30,32,34,38H,4-18,25-26,31,33,35H2,1-3H3/p+1. The number of H-pyrrole nitrogens is 1. The van der Waals surface area contributed by atoms with Gasteiger partial charge in [-0.1, -0.05) is 178 Å². The van der Waals surface area contributed by atoms with Gasteiger partial charge < -0.3 is 0 Å². The first-order chi connectivity index (χ1) is 20.7. The van der Waals surface area contributed by atoms with Gasteiger partial charge in [-0.05, 0) is 36.8 Å². The number of nitrogens with one attached hydrogen (secondary N) is 1. The maximum Gasteiger partial charge on any atom is 0.258 e. The third kappa shape index (κ3) is 11.7. The molecule has 0 saturated carbocycles. The van der Waals surface area contributed by atoms with Gasteiger partial charge in [-0.2, -0.15) is 0 Å². The van der Waals surface area contributed by atoms with Crippen LogP contribution in [0.5, 0.6) is 0 Å². The molecule has 2 nitrogen and oxygen atoms in total. The predicted octanol–water partition coefficient (Wildman–Crippen LogP) is 11.6. The zero-order chi connectivity index (χ0) is 29.7. The highest BCUT2D eigenvalue weighted by molar-refractivity contribution is 5.32. The Morgan fingerprint density at radius 1 is 0.619 bits per heavy atom. The van der Waals surface area contributed by atoms with Gasteiger partial charge in [0.1, 0.15) is 12.4 Å². The first-order valence-corrected chi connectivity index (χ1v) is 17.8. The molecule has 0 aliphatic carbocycles. The molecule has 42 heavy (non-hydrogen) atoms. The van der Waals surface area contributed by atoms with Gasteiger partial charge in [-0.25, -0.2) is 9.55 Å². The van der Waals surface area contributed by atoms with Gasteiger partial charge in [0.25, 0.3) is 5.82 Å². The molecule has 0 spiro atoms. The summed E-state index contributed by atoms with van der Waals surface area (Å²) in [6, 6.07) is 22.6. The Labute approximate surface area is 259 Å². The van der Waals surface area contributed by atoms with Crippen molar-refractivity contribution in [3.63, 3.8) is 0 Å². The zero-order valence-corrected chi connectivity index (χ0v) is 27.6. The van der Waals surface area contributed by atoms with Crippen molar-refractivity contribution in [3.8, 4) is 0 Å². The van der Waals surface area contributed by atoms with Gasteiger partial charge >= 0.3 is 0 Å². The van der Waals surface area contributed by atoms with Gasteiger partial charge in [-0.15, -0.1) is 0 Å². The van der Waals surface area contributed by atoms with Crippen LogP contribution in [-0.2, 0) is 18.4 Å². The summed E-state index contributed by atoms with van der Waals surface area (Å²) in [6.45, 7) is 8.27. The topological polar surface area (TPSA) is 19.7 Å². The molecule has 3 rings (SSSR count). The second kappa shape index (κ2) is 20.5. The van der Waals surface area contributed by atoms with E-state index in [1.54, 1.807) is 0 Å². The zero-order valence-electron chi connectivity index (χ0n) is 27.6. The minimum absolute atomic E-state index is 0.00913. The van der Waals surface area contributed by atoms with Crippen LogP contribution < -0.4 is 4.57 Å². The van der Waals surface area contributed by atoms with Crippen molar-refractivity contribution < 1.29 is 4.57 Å². The van der Waals surface area contributed by atoms with Crippen LogP contribution in [0.3, 0.4) is 0 Å². The molecular weight excluding hydrogens is 508 g/mol. The third-order valence-corrected chi connectivity index (χ3v) is 9.59. The minimum Gasteiger partial charge on any atom is -0.247 e. The number of imidazole rings is 1. The molecule has 1 aromatic heterocycles. The fourth-order valence-corrected chi connectivity index (χ4v) is 6.97. The van der Waals surface area contributed by atoms with E-state index in [1.807, 2.05) is 0 Å². The molecule has 2 unspecified atom stereocenters. The van der Waals surface area contributed by atoms with Gasteiger partial charge in [-0.3, -0.25) is 0 Å². The molecule has 1 N–H and O–H groups in total. The summed E-state index contributed by atoms with van der Waals surface area (Å²) in [5.74, 6) is 1.87. The van der Waals surface area contributed by atoms with Crippen LogP contribution in [0.1, 0.15) is 159 Å². The molecule has 2 atom stereocenters. The third-order valence-electron chi connectivity index (χ3n) is 9.59. The van der Waals surface area contributed by atoms with Crippen LogP contribution in [-0.4, -0.2) is 4.98 Å². The van der Waals surface area contributed by atoms with Crippen molar-refractivity contribution in [1.29, 1.82) is 0 Å². The number of aromatic amines is 1. The number of benzene rings is 2. The molecule has 0 saturated heterocycles. The molecule has 1 heterocycles. The number of unbranched alkanes of at least 4 members (excludes halogenated alkanes) is 15. The molecular formula is C40H63N2+. The summed E-state index contributed by atoms with van der Waals surface area (Å²) < 4.78 is 2.57. The highest BCUT2D eigenvalue weighted by atomic mass is 15.1. The first kappa shape index (κ1) is 34.1. The lowest BCUT2D eigenvalue weighted by Crippen LogP contribution is -2.43. The Bertz CT molecular complexity index is 1040. The molecule has 3 aromatic rings. The maximum absolute atomic E-state index is 3.78. The molecule has 2 aromatic carbocycles. The van der Waals surface area contributed by atoms with Gasteiger partial charge in [0, 0.05) is 5.41 Å². The second-order valence-corrected chi connectivity index (χ2v) is 13.1. The van der Waals surface area contributed by atoms with Crippen molar-refractivity contribution in [2.24, 2.45) is 0 Å². The van der Waals surface area contributed by atoms with E-state index >= 15 is 0 Å². The van der Waals surface area contributed by atoms with Gasteiger partial charge in [0.15, 0.2) is 0 Å². The van der Waals surface area contributed by atoms with Crippen LogP contribution in [0.2, 0.25) is 0 Å². The average molecular weight is 572 g/mol. The van der Waals surface area contributed by atoms with Crippen LogP contribution in [0.15, 0.2) is 73.1 Å². The summed E-state index contributed by atoms with van der Waals surface area (Å²) in [5.41, 5.74) is 2.90. The lowest BCUT2D eigenvalue weighted by atomic mass is 9.66. The number of hydrogen-bond donors (Lipinski definition) is 1. The Balaban J connectivity index is 1.71. The smallest absolute Gasteiger partial charge is 0.247 e. The lowest BCUT2D eigenvalue weighted by Gasteiger charge is -2.37. The monoisotopic (exact) mass is 571 g/mol. The molecule has 0 bridgehead atoms. The van der Waals surface area contributed by atoms with Crippen molar-refractivity contribution in [2.45, 2.75) is 161 Å². The van der Waals surface area contributed by atoms with E-state index in [1.165, 1.54) is 133 Å². The first-order valence-electron chi connectivity index (χ1n) is 17.8. The maximum atomic E-state index is 3.78. The van der Waals surface area contributed by atoms with Crippen LogP contribution in [0.25, 0.3) is 0 Å². The highest BCUT2D eigenvalue weighted by Gasteiger charge is 2.41. The van der Waals surface area contributed by atoms with E-state index < -0.39 is 0 Å². The van der Waals surface area contributed by atoms with E-state index in [2.05, 4.69) is 103 Å². The Morgan fingerprint density at radius 3 is 1.69 bits per heavy atom. The van der Waals surface area contributed by atoms with Crippen molar-refractivity contribution in [1.82, 2.24) is 4.98 Å². The quantitative estimate of drug-likeness (QED) is 0.0815. The highest BCUT2D eigenvalue weighted by Crippen LogP contribution is 2.43. The van der Waals surface area contributed by atoms with E-state index in [0.717, 1.165) is 13.0 Å². The summed E-state index contributed by atoms with van der Waals surface area (Å²) in [7, 11) is 0. The lowest BCUT2D eigenvalue weighted by molar-refractivity contribution is -0.705. The largest absolute Gasteiger partial charge is 0.258 e. The SMILES string of the molecule is CCCCCCCCCCCC[n+]1cc[nH]c1C(CCCCCCCCC)C(C)(Cc1ccccc1)c1ccccc1. The number of rotatable bonds is 24. The van der Waals surface area contributed by atoms with E-state index in [9.17, 15) is 0 Å². The van der Waals surface area contributed by atoms with Crippen molar-refractivity contribution >= 4 is 0 Å². The summed E-state index contributed by atoms with van der Waals surface area (Å²) in [6.07, 6.45) is 30.1. The molecule has 2 heteroatoms. The molecule has 0 amide bonds. The number of aromatic nitrogens is 2. The summed E-state index contributed by atoms with van der Waals surface area (Å²) in [4.78, 5) is 3.78. The Kier molecular flexibility index (Phi) is 16.7. The van der Waals surface area contributed by atoms with Gasteiger partial charge in [0.2, 0.25) is 0 Å². The Hall–Kier alpha value is -2.35. The average Bonchev–Trinajstić information content (AvgIpc) is 3.48. The molecule has 0 fully saturated rings. The predicted molar refractivity (Wildman–Crippen MR) is 182 cm³/mol. The second-order valence-electron chi connectivity index (χ2n) is 13.1. The van der Waals surface area contributed by atoms with Crippen LogP contribution in [0, 0.1) is 0 Å². The minimum atomic E-state index is 0.00913. The number of aryl methyl sites for hydroxylation is 1. The van der Waals surface area contributed by atoms with Crippen molar-refractivity contribution in [3.05, 3.63) is 90.0 Å². The van der Waals surface area contributed by atoms with Gasteiger partial charge in [0.05, 0.1) is 12.5 Å². The van der Waals surface area contributed by atoms with Crippen LogP contribution in [0.4, 0.5) is 0 Å². The summed E-state index contributed by atoms with van der Waals surface area (Å²) >= 11 is 0. The van der Waals surface area contributed by atoms with E-state index in [0.29, 0.717) is 5.92 Å². The Morgan fingerprint density at radius 2 is 1.12 bits per heavy atom. The summed E-state index contributed by atoms with van der Waals surface area (Å²) in [5, 5.41) is 0. The molecule has 0 aliphatic rings. The fourth-order valence-electron chi connectivity index (χ4n) is 6.97. The fraction of sp³-hybridized carbons (Fsp3) is 0.625. The van der Waals surface area contributed by atoms with E-state index in [4.69, 9.17) is 0 Å². The van der Waals surface area contributed by atoms with E-state index in [-0.39, 0.29) is 5.41 Å². The normalized spacial score (nSPS) is 13.7. The van der Waals surface area contributed by atoms with Crippen molar-refractivity contribution in [2.75, 3.05) is 0 Å². The van der Waals surface area contributed by atoms with Crippen LogP contribution >= 0.6 is 0 Å².